The molecule has 6 heteroatoms. The minimum absolute atomic E-state index is 0.0661. The highest BCUT2D eigenvalue weighted by Gasteiger charge is 2.28. The third kappa shape index (κ3) is 4.07. The van der Waals surface area contributed by atoms with Crippen molar-refractivity contribution in [2.45, 2.75) is 26.3 Å². The average molecular weight is 424 g/mol. The monoisotopic (exact) mass is 423 g/mol. The van der Waals surface area contributed by atoms with Crippen LogP contribution in [-0.4, -0.2) is 16.0 Å². The van der Waals surface area contributed by atoms with E-state index in [0.29, 0.717) is 9.93 Å². The van der Waals surface area contributed by atoms with E-state index in [1.807, 2.05) is 49.4 Å². The van der Waals surface area contributed by atoms with Gasteiger partial charge in [-0.3, -0.25) is 4.79 Å². The van der Waals surface area contributed by atoms with Gasteiger partial charge in [0.2, 0.25) is 0 Å². The van der Waals surface area contributed by atoms with E-state index in [4.69, 9.17) is 11.6 Å². The molecule has 2 N–H and O–H groups in total. The number of carbonyl (C=O) groups excluding carboxylic acids is 1. The second kappa shape index (κ2) is 8.01. The van der Waals surface area contributed by atoms with Crippen molar-refractivity contribution >= 4 is 41.0 Å². The number of halogens is 1. The molecule has 1 aliphatic rings. The summed E-state index contributed by atoms with van der Waals surface area (Å²) in [4.78, 5) is 13.2. The van der Waals surface area contributed by atoms with E-state index < -0.39 is 0 Å². The molecule has 1 atom stereocenters. The molecule has 2 heterocycles. The first-order chi connectivity index (χ1) is 13.9. The summed E-state index contributed by atoms with van der Waals surface area (Å²) < 4.78 is 2.21. The SMILES string of the molecule is Cc1cc(Cl)ccc1NC1NC(=O)/C(=C/c2cc(C)n(-c3ccccc3)c2C)S1. The zero-order valence-corrected chi connectivity index (χ0v) is 18.1. The van der Waals surface area contributed by atoms with Crippen LogP contribution in [0, 0.1) is 20.8 Å². The molecule has 0 spiro atoms. The molecule has 4 rings (SSSR count). The molecule has 1 fully saturated rings. The van der Waals surface area contributed by atoms with E-state index >= 15 is 0 Å². The Morgan fingerprint density at radius 3 is 2.59 bits per heavy atom. The lowest BCUT2D eigenvalue weighted by Crippen LogP contribution is -2.31. The first-order valence-corrected chi connectivity index (χ1v) is 10.6. The fourth-order valence-electron chi connectivity index (χ4n) is 3.54. The summed E-state index contributed by atoms with van der Waals surface area (Å²) in [7, 11) is 0. The standard InChI is InChI=1S/C23H22ClN3OS/c1-14-11-18(24)9-10-20(14)25-23-26-22(28)21(29-23)13-17-12-15(2)27(16(17)3)19-7-5-4-6-8-19/h4-13,23,25H,1-3H3,(H,26,28)/b21-13-. The van der Waals surface area contributed by atoms with Crippen LogP contribution < -0.4 is 10.6 Å². The van der Waals surface area contributed by atoms with E-state index in [0.717, 1.165) is 33.9 Å². The lowest BCUT2D eigenvalue weighted by Gasteiger charge is -2.15. The Hall–Kier alpha value is -2.63. The molecule has 1 amide bonds. The van der Waals surface area contributed by atoms with Gasteiger partial charge in [0, 0.05) is 27.8 Å². The number of hydrogen-bond acceptors (Lipinski definition) is 3. The van der Waals surface area contributed by atoms with E-state index in [-0.39, 0.29) is 11.4 Å². The summed E-state index contributed by atoms with van der Waals surface area (Å²) in [6, 6.07) is 18.0. The molecule has 148 valence electrons. The Morgan fingerprint density at radius 2 is 1.86 bits per heavy atom. The summed E-state index contributed by atoms with van der Waals surface area (Å²) in [6.07, 6.45) is 1.97. The van der Waals surface area contributed by atoms with E-state index in [9.17, 15) is 4.79 Å². The second-order valence-corrected chi connectivity index (χ2v) is 8.66. The average Bonchev–Trinajstić information content (AvgIpc) is 3.17. The minimum Gasteiger partial charge on any atom is -0.356 e. The van der Waals surface area contributed by atoms with E-state index in [1.165, 1.54) is 11.8 Å². The predicted molar refractivity (Wildman–Crippen MR) is 123 cm³/mol. The molecule has 1 unspecified atom stereocenters. The highest BCUT2D eigenvalue weighted by molar-refractivity contribution is 8.05. The fraction of sp³-hybridized carbons (Fsp3) is 0.174. The molecule has 0 aliphatic carbocycles. The van der Waals surface area contributed by atoms with Gasteiger partial charge in [0.25, 0.3) is 5.91 Å². The van der Waals surface area contributed by atoms with Crippen LogP contribution >= 0.6 is 23.4 Å². The first kappa shape index (κ1) is 19.7. The Kier molecular flexibility index (Phi) is 5.43. The number of para-hydroxylation sites is 1. The Balaban J connectivity index is 1.57. The van der Waals surface area contributed by atoms with Gasteiger partial charge in [-0.1, -0.05) is 41.6 Å². The summed E-state index contributed by atoms with van der Waals surface area (Å²) in [6.45, 7) is 6.15. The summed E-state index contributed by atoms with van der Waals surface area (Å²) in [5.74, 6) is -0.0661. The molecule has 0 radical (unpaired) electrons. The number of aryl methyl sites for hydroxylation is 2. The highest BCUT2D eigenvalue weighted by atomic mass is 35.5. The van der Waals surface area contributed by atoms with Crippen molar-refractivity contribution in [1.29, 1.82) is 0 Å². The minimum atomic E-state index is -0.216. The molecular weight excluding hydrogens is 402 g/mol. The predicted octanol–water partition coefficient (Wildman–Crippen LogP) is 5.66. The maximum atomic E-state index is 12.5. The van der Waals surface area contributed by atoms with Crippen LogP contribution in [0.2, 0.25) is 5.02 Å². The molecule has 1 saturated heterocycles. The van der Waals surface area contributed by atoms with Gasteiger partial charge in [-0.2, -0.15) is 0 Å². The van der Waals surface area contributed by atoms with Crippen molar-refractivity contribution in [3.63, 3.8) is 0 Å². The Morgan fingerprint density at radius 1 is 1.10 bits per heavy atom. The third-order valence-electron chi connectivity index (χ3n) is 4.98. The largest absolute Gasteiger partial charge is 0.356 e. The van der Waals surface area contributed by atoms with Crippen molar-refractivity contribution in [2.24, 2.45) is 0 Å². The van der Waals surface area contributed by atoms with Crippen LogP contribution in [0.3, 0.4) is 0 Å². The first-order valence-electron chi connectivity index (χ1n) is 9.38. The van der Waals surface area contributed by atoms with Crippen LogP contribution in [0.5, 0.6) is 0 Å². The van der Waals surface area contributed by atoms with Gasteiger partial charge in [0.05, 0.1) is 4.91 Å². The summed E-state index contributed by atoms with van der Waals surface area (Å²) in [5.41, 5.74) is 6.19. The number of nitrogens with one attached hydrogen (secondary N) is 2. The van der Waals surface area contributed by atoms with Gasteiger partial charge in [-0.15, -0.1) is 0 Å². The Labute approximate surface area is 180 Å². The number of nitrogens with zero attached hydrogens (tertiary/aromatic N) is 1. The van der Waals surface area contributed by atoms with Gasteiger partial charge in [-0.05, 0) is 74.4 Å². The number of carbonyl (C=O) groups is 1. The van der Waals surface area contributed by atoms with Crippen LogP contribution in [0.4, 0.5) is 5.69 Å². The maximum Gasteiger partial charge on any atom is 0.260 e. The highest BCUT2D eigenvalue weighted by Crippen LogP contribution is 2.33. The third-order valence-corrected chi connectivity index (χ3v) is 6.24. The molecular formula is C23H22ClN3OS. The van der Waals surface area contributed by atoms with Crippen molar-refractivity contribution in [3.8, 4) is 5.69 Å². The molecule has 0 bridgehead atoms. The van der Waals surface area contributed by atoms with Crippen LogP contribution in [0.25, 0.3) is 11.8 Å². The molecule has 29 heavy (non-hydrogen) atoms. The van der Waals surface area contributed by atoms with E-state index in [2.05, 4.69) is 47.2 Å². The number of aromatic nitrogens is 1. The number of anilines is 1. The van der Waals surface area contributed by atoms with Gasteiger partial charge >= 0.3 is 0 Å². The van der Waals surface area contributed by atoms with Crippen LogP contribution in [0.1, 0.15) is 22.5 Å². The number of thioether (sulfide) groups is 1. The summed E-state index contributed by atoms with van der Waals surface area (Å²) >= 11 is 7.52. The van der Waals surface area contributed by atoms with Gasteiger partial charge in [-0.25, -0.2) is 0 Å². The summed E-state index contributed by atoms with van der Waals surface area (Å²) in [5, 5.41) is 7.06. The van der Waals surface area contributed by atoms with Gasteiger partial charge in [0.15, 0.2) is 5.50 Å². The topological polar surface area (TPSA) is 46.1 Å². The number of amides is 1. The van der Waals surface area contributed by atoms with Gasteiger partial charge < -0.3 is 15.2 Å². The molecule has 3 aromatic rings. The van der Waals surface area contributed by atoms with Crippen molar-refractivity contribution in [3.05, 3.63) is 87.0 Å². The van der Waals surface area contributed by atoms with Crippen LogP contribution in [0.15, 0.2) is 59.5 Å². The normalized spacial score (nSPS) is 17.6. The number of hydrogen-bond donors (Lipinski definition) is 2. The molecule has 1 aromatic heterocycles. The van der Waals surface area contributed by atoms with Crippen LogP contribution in [-0.2, 0) is 4.79 Å². The van der Waals surface area contributed by atoms with Crippen molar-refractivity contribution < 1.29 is 4.79 Å². The maximum absolute atomic E-state index is 12.5. The molecule has 2 aromatic carbocycles. The fourth-order valence-corrected chi connectivity index (χ4v) is 4.74. The van der Waals surface area contributed by atoms with Crippen molar-refractivity contribution in [2.75, 3.05) is 5.32 Å². The van der Waals surface area contributed by atoms with E-state index in [1.54, 1.807) is 0 Å². The molecule has 1 aliphatic heterocycles. The molecule has 4 nitrogen and oxygen atoms in total. The molecule has 0 saturated carbocycles. The quantitative estimate of drug-likeness (QED) is 0.532. The Bertz CT molecular complexity index is 1100. The number of benzene rings is 2. The number of rotatable bonds is 4. The second-order valence-electron chi connectivity index (χ2n) is 7.08. The smallest absolute Gasteiger partial charge is 0.260 e. The van der Waals surface area contributed by atoms with Gasteiger partial charge in [0.1, 0.15) is 0 Å². The lowest BCUT2D eigenvalue weighted by atomic mass is 10.2. The zero-order valence-electron chi connectivity index (χ0n) is 16.5. The zero-order chi connectivity index (χ0) is 20.5. The van der Waals surface area contributed by atoms with Crippen molar-refractivity contribution in [1.82, 2.24) is 9.88 Å². The lowest BCUT2D eigenvalue weighted by molar-refractivity contribution is -0.116.